The highest BCUT2D eigenvalue weighted by atomic mass is 16.5. The second-order valence-corrected chi connectivity index (χ2v) is 2.92. The number of carboxylic acid groups (broad SMARTS) is 2. The van der Waals surface area contributed by atoms with Crippen molar-refractivity contribution in [2.75, 3.05) is 6.61 Å². The summed E-state index contributed by atoms with van der Waals surface area (Å²) in [5, 5.41) is 17.6. The summed E-state index contributed by atoms with van der Waals surface area (Å²) < 4.78 is 5.11. The first-order chi connectivity index (χ1) is 7.56. The third-order valence-corrected chi connectivity index (χ3v) is 1.82. The van der Waals surface area contributed by atoms with Crippen molar-refractivity contribution in [3.05, 3.63) is 42.0 Å². The molecule has 1 rings (SSSR count). The topological polar surface area (TPSA) is 83.8 Å². The molecular weight excluding hydrogens is 212 g/mol. The van der Waals surface area contributed by atoms with Gasteiger partial charge in [-0.1, -0.05) is 12.7 Å². The summed E-state index contributed by atoms with van der Waals surface area (Å²) >= 11 is 0. The normalized spacial score (nSPS) is 9.50. The lowest BCUT2D eigenvalue weighted by Gasteiger charge is -2.06. The van der Waals surface area contributed by atoms with Crippen LogP contribution in [0.1, 0.15) is 20.7 Å². The van der Waals surface area contributed by atoms with Gasteiger partial charge in [0.05, 0.1) is 11.1 Å². The van der Waals surface area contributed by atoms with E-state index in [0.717, 1.165) is 0 Å². The molecule has 0 amide bonds. The zero-order chi connectivity index (χ0) is 12.1. The van der Waals surface area contributed by atoms with Crippen LogP contribution in [0.25, 0.3) is 0 Å². The summed E-state index contributed by atoms with van der Waals surface area (Å²) in [6.07, 6.45) is 1.51. The van der Waals surface area contributed by atoms with Gasteiger partial charge in [0.15, 0.2) is 0 Å². The Labute approximate surface area is 91.6 Å². The van der Waals surface area contributed by atoms with Crippen molar-refractivity contribution in [3.8, 4) is 5.75 Å². The fraction of sp³-hybridized carbons (Fsp3) is 0.0909. The van der Waals surface area contributed by atoms with Crippen LogP contribution in [0.3, 0.4) is 0 Å². The Kier molecular flexibility index (Phi) is 3.66. The van der Waals surface area contributed by atoms with E-state index in [1.807, 2.05) is 0 Å². The minimum atomic E-state index is -1.30. The second kappa shape index (κ2) is 4.97. The van der Waals surface area contributed by atoms with Crippen LogP contribution in [0.5, 0.6) is 5.75 Å². The highest BCUT2D eigenvalue weighted by Gasteiger charge is 2.16. The first kappa shape index (κ1) is 11.8. The monoisotopic (exact) mass is 222 g/mol. The van der Waals surface area contributed by atoms with Crippen LogP contribution >= 0.6 is 0 Å². The summed E-state index contributed by atoms with van der Waals surface area (Å²) in [6.45, 7) is 3.67. The Morgan fingerprint density at radius 3 is 2.38 bits per heavy atom. The lowest BCUT2D eigenvalue weighted by molar-refractivity contribution is 0.0651. The number of carbonyl (C=O) groups is 2. The predicted octanol–water partition coefficient (Wildman–Crippen LogP) is 1.65. The standard InChI is InChI=1S/C11H10O5/c1-2-5-16-7-3-4-8(10(12)13)9(6-7)11(14)15/h2-4,6H,1,5H2,(H,12,13)(H,14,15). The zero-order valence-electron chi connectivity index (χ0n) is 8.34. The van der Waals surface area contributed by atoms with E-state index < -0.39 is 11.9 Å². The van der Waals surface area contributed by atoms with E-state index >= 15 is 0 Å². The summed E-state index contributed by atoms with van der Waals surface area (Å²) in [5.74, 6) is -2.29. The largest absolute Gasteiger partial charge is 0.490 e. The van der Waals surface area contributed by atoms with E-state index in [9.17, 15) is 9.59 Å². The lowest BCUT2D eigenvalue weighted by atomic mass is 10.1. The molecule has 0 heterocycles. The van der Waals surface area contributed by atoms with E-state index in [0.29, 0.717) is 5.75 Å². The number of benzene rings is 1. The highest BCUT2D eigenvalue weighted by Crippen LogP contribution is 2.18. The fourth-order valence-corrected chi connectivity index (χ4v) is 1.13. The van der Waals surface area contributed by atoms with Gasteiger partial charge in [0, 0.05) is 0 Å². The van der Waals surface area contributed by atoms with Crippen LogP contribution in [0.2, 0.25) is 0 Å². The Bertz CT molecular complexity index is 436. The molecule has 0 saturated carbocycles. The van der Waals surface area contributed by atoms with E-state index in [2.05, 4.69) is 6.58 Å². The van der Waals surface area contributed by atoms with Gasteiger partial charge in [0.1, 0.15) is 12.4 Å². The molecule has 84 valence electrons. The molecule has 1 aromatic rings. The minimum Gasteiger partial charge on any atom is -0.490 e. The van der Waals surface area contributed by atoms with Crippen LogP contribution < -0.4 is 4.74 Å². The Hall–Kier alpha value is -2.30. The second-order valence-electron chi connectivity index (χ2n) is 2.92. The molecule has 0 atom stereocenters. The Balaban J connectivity index is 3.12. The maximum atomic E-state index is 10.8. The summed E-state index contributed by atoms with van der Waals surface area (Å²) in [7, 11) is 0. The summed E-state index contributed by atoms with van der Waals surface area (Å²) in [4.78, 5) is 21.5. The third-order valence-electron chi connectivity index (χ3n) is 1.82. The maximum absolute atomic E-state index is 10.8. The molecule has 5 heteroatoms. The SMILES string of the molecule is C=CCOc1ccc(C(=O)O)c(C(=O)O)c1. The van der Waals surface area contributed by atoms with Gasteiger partial charge < -0.3 is 14.9 Å². The molecule has 0 spiro atoms. The molecule has 1 aromatic carbocycles. The van der Waals surface area contributed by atoms with E-state index in [1.165, 1.54) is 24.3 Å². The quantitative estimate of drug-likeness (QED) is 0.740. The molecule has 2 N–H and O–H groups in total. The predicted molar refractivity (Wildman–Crippen MR) is 56.1 cm³/mol. The summed E-state index contributed by atoms with van der Waals surface area (Å²) in [6, 6.07) is 3.78. The maximum Gasteiger partial charge on any atom is 0.336 e. The molecule has 0 aliphatic carbocycles. The van der Waals surface area contributed by atoms with Crippen LogP contribution in [0, 0.1) is 0 Å². The molecule has 0 aromatic heterocycles. The number of carboxylic acids is 2. The molecule has 0 unspecified atom stereocenters. The first-order valence-electron chi connectivity index (χ1n) is 4.40. The molecule has 0 saturated heterocycles. The van der Waals surface area contributed by atoms with Gasteiger partial charge in [-0.15, -0.1) is 0 Å². The number of aromatic carboxylic acids is 2. The van der Waals surface area contributed by atoms with Crippen LogP contribution in [0.4, 0.5) is 0 Å². The average molecular weight is 222 g/mol. The van der Waals surface area contributed by atoms with E-state index in [-0.39, 0.29) is 17.7 Å². The summed E-state index contributed by atoms with van der Waals surface area (Å²) in [5.41, 5.74) is -0.562. The first-order valence-corrected chi connectivity index (χ1v) is 4.40. The van der Waals surface area contributed by atoms with Crippen LogP contribution in [-0.2, 0) is 0 Å². The lowest BCUT2D eigenvalue weighted by Crippen LogP contribution is -2.08. The van der Waals surface area contributed by atoms with E-state index in [4.69, 9.17) is 14.9 Å². The Morgan fingerprint density at radius 2 is 1.88 bits per heavy atom. The number of ether oxygens (including phenoxy) is 1. The molecule has 0 radical (unpaired) electrons. The molecule has 0 aliphatic rings. The van der Waals surface area contributed by atoms with Crippen molar-refractivity contribution >= 4 is 11.9 Å². The van der Waals surface area contributed by atoms with Gasteiger partial charge in [-0.2, -0.15) is 0 Å². The van der Waals surface area contributed by atoms with Crippen molar-refractivity contribution in [2.24, 2.45) is 0 Å². The molecule has 0 bridgehead atoms. The third kappa shape index (κ3) is 2.60. The number of rotatable bonds is 5. The smallest absolute Gasteiger partial charge is 0.336 e. The molecule has 5 nitrogen and oxygen atoms in total. The average Bonchev–Trinajstić information content (AvgIpc) is 2.25. The van der Waals surface area contributed by atoms with Crippen molar-refractivity contribution in [2.45, 2.75) is 0 Å². The van der Waals surface area contributed by atoms with Crippen molar-refractivity contribution in [1.82, 2.24) is 0 Å². The van der Waals surface area contributed by atoms with Crippen LogP contribution in [0.15, 0.2) is 30.9 Å². The molecule has 0 aliphatic heterocycles. The minimum absolute atomic E-state index is 0.228. The van der Waals surface area contributed by atoms with Gasteiger partial charge in [-0.05, 0) is 18.2 Å². The number of hydrogen-bond donors (Lipinski definition) is 2. The van der Waals surface area contributed by atoms with Gasteiger partial charge in [0.25, 0.3) is 0 Å². The molecular formula is C11H10O5. The van der Waals surface area contributed by atoms with Gasteiger partial charge in [-0.3, -0.25) is 0 Å². The van der Waals surface area contributed by atoms with Crippen molar-refractivity contribution in [1.29, 1.82) is 0 Å². The van der Waals surface area contributed by atoms with Crippen molar-refractivity contribution in [3.63, 3.8) is 0 Å². The van der Waals surface area contributed by atoms with Gasteiger partial charge >= 0.3 is 11.9 Å². The van der Waals surface area contributed by atoms with Crippen LogP contribution in [-0.4, -0.2) is 28.8 Å². The Morgan fingerprint density at radius 1 is 1.25 bits per heavy atom. The van der Waals surface area contributed by atoms with E-state index in [1.54, 1.807) is 0 Å². The molecule has 0 fully saturated rings. The number of hydrogen-bond acceptors (Lipinski definition) is 3. The van der Waals surface area contributed by atoms with Crippen molar-refractivity contribution < 1.29 is 24.5 Å². The fourth-order valence-electron chi connectivity index (χ4n) is 1.13. The highest BCUT2D eigenvalue weighted by molar-refractivity contribution is 6.01. The molecule has 16 heavy (non-hydrogen) atoms. The van der Waals surface area contributed by atoms with Gasteiger partial charge in [0.2, 0.25) is 0 Å². The zero-order valence-corrected chi connectivity index (χ0v) is 8.34. The van der Waals surface area contributed by atoms with Gasteiger partial charge in [-0.25, -0.2) is 9.59 Å².